The molecule has 1 atom stereocenters. The molecule has 228 valence electrons. The molecule has 1 unspecified atom stereocenters. The van der Waals surface area contributed by atoms with Gasteiger partial charge in [-0.1, -0.05) is 103 Å². The van der Waals surface area contributed by atoms with Crippen molar-refractivity contribution >= 4 is 29.2 Å². The van der Waals surface area contributed by atoms with Gasteiger partial charge in [-0.25, -0.2) is 0 Å². The average Bonchev–Trinajstić information content (AvgIpc) is 2.96. The van der Waals surface area contributed by atoms with Crippen LogP contribution in [0.1, 0.15) is 47.1 Å². The highest BCUT2D eigenvalue weighted by Gasteiger charge is 2.33. The molecule has 0 aliphatic rings. The van der Waals surface area contributed by atoms with Gasteiger partial charge in [-0.3, -0.25) is 4.79 Å². The lowest BCUT2D eigenvalue weighted by Crippen LogP contribution is -2.21. The summed E-state index contributed by atoms with van der Waals surface area (Å²) in [6.45, 7) is 3.46. The third-order valence-electron chi connectivity index (χ3n) is 6.70. The molecule has 9 heteroatoms. The molecule has 0 spiro atoms. The zero-order chi connectivity index (χ0) is 31.4. The van der Waals surface area contributed by atoms with Crippen molar-refractivity contribution in [3.8, 4) is 5.75 Å². The van der Waals surface area contributed by atoms with Crippen LogP contribution < -0.4 is 4.74 Å². The number of carbonyl (C=O) groups is 1. The quantitative estimate of drug-likeness (QED) is 0.168. The maximum absolute atomic E-state index is 12.9. The van der Waals surface area contributed by atoms with Gasteiger partial charge < -0.3 is 14.7 Å². The van der Waals surface area contributed by atoms with Gasteiger partial charge in [0.15, 0.2) is 0 Å². The lowest BCUT2D eigenvalue weighted by molar-refractivity contribution is -0.138. The van der Waals surface area contributed by atoms with Gasteiger partial charge in [0.05, 0.1) is 23.6 Å². The van der Waals surface area contributed by atoms with E-state index < -0.39 is 17.7 Å². The largest absolute Gasteiger partial charge is 0.494 e. The van der Waals surface area contributed by atoms with E-state index in [0.717, 1.165) is 11.1 Å². The zero-order valence-electron chi connectivity index (χ0n) is 24.0. The van der Waals surface area contributed by atoms with Crippen LogP contribution in [0.3, 0.4) is 0 Å². The molecule has 4 aromatic carbocycles. The molecule has 0 fully saturated rings. The number of rotatable bonds is 11. The minimum atomic E-state index is -4.48. The molecule has 0 saturated carbocycles. The Morgan fingerprint density at radius 2 is 1.60 bits per heavy atom. The predicted octanol–water partition coefficient (Wildman–Crippen LogP) is 9.38. The highest BCUT2D eigenvalue weighted by Crippen LogP contribution is 2.36. The van der Waals surface area contributed by atoms with Crippen molar-refractivity contribution in [3.63, 3.8) is 0 Å². The van der Waals surface area contributed by atoms with Crippen LogP contribution in [0.25, 0.3) is 0 Å². The summed E-state index contributed by atoms with van der Waals surface area (Å²) in [6.07, 6.45) is -3.90. The Labute approximate surface area is 260 Å². The van der Waals surface area contributed by atoms with E-state index in [-0.39, 0.29) is 18.0 Å². The smallest absolute Gasteiger partial charge is 0.417 e. The third-order valence-corrected chi connectivity index (χ3v) is 7.49. The summed E-state index contributed by atoms with van der Waals surface area (Å²) in [5.41, 5.74) is 2.73. The van der Waals surface area contributed by atoms with E-state index in [2.05, 4.69) is 37.3 Å². The van der Waals surface area contributed by atoms with Crippen LogP contribution in [0.4, 0.5) is 13.2 Å². The summed E-state index contributed by atoms with van der Waals surface area (Å²) in [6, 6.07) is 29.2. The van der Waals surface area contributed by atoms with Crippen LogP contribution in [0.15, 0.2) is 97.1 Å². The van der Waals surface area contributed by atoms with E-state index in [9.17, 15) is 18.0 Å². The monoisotopic (exact) mass is 631 g/mol. The number of carboxylic acids is 1. The number of aliphatic carboxylic acids is 1. The Morgan fingerprint density at radius 1 is 0.930 bits per heavy atom. The normalized spacial score (nSPS) is 11.9. The van der Waals surface area contributed by atoms with E-state index in [4.69, 9.17) is 33.0 Å². The van der Waals surface area contributed by atoms with Crippen molar-refractivity contribution in [2.45, 2.75) is 38.4 Å². The minimum Gasteiger partial charge on any atom is -0.494 e. The molecule has 1 N–H and O–H groups in total. The summed E-state index contributed by atoms with van der Waals surface area (Å²) >= 11 is 12.1. The van der Waals surface area contributed by atoms with Crippen LogP contribution in [0, 0.1) is 0 Å². The molecule has 0 radical (unpaired) electrons. The second-order valence-electron chi connectivity index (χ2n) is 10.1. The van der Waals surface area contributed by atoms with Gasteiger partial charge in [0.1, 0.15) is 5.75 Å². The first kappa shape index (κ1) is 34.0. The van der Waals surface area contributed by atoms with Gasteiger partial charge in [0.2, 0.25) is 0 Å². The number of alkyl halides is 3. The Kier molecular flexibility index (Phi) is 12.9. The first-order valence-corrected chi connectivity index (χ1v) is 14.5. The fraction of sp³-hybridized carbons (Fsp3) is 0.265. The first-order chi connectivity index (χ1) is 20.5. The van der Waals surface area contributed by atoms with Crippen molar-refractivity contribution in [3.05, 3.63) is 135 Å². The number of hydrogen-bond acceptors (Lipinski definition) is 3. The second kappa shape index (κ2) is 16.4. The fourth-order valence-electron chi connectivity index (χ4n) is 4.48. The van der Waals surface area contributed by atoms with E-state index in [1.165, 1.54) is 17.2 Å². The summed E-state index contributed by atoms with van der Waals surface area (Å²) in [4.78, 5) is 12.6. The molecule has 43 heavy (non-hydrogen) atoms. The van der Waals surface area contributed by atoms with Gasteiger partial charge in [0.25, 0.3) is 0 Å². The third kappa shape index (κ3) is 10.9. The molecular weight excluding hydrogens is 598 g/mol. The Bertz CT molecular complexity index is 1460. The average molecular weight is 633 g/mol. The molecule has 4 rings (SSSR count). The van der Waals surface area contributed by atoms with Crippen LogP contribution >= 0.6 is 23.2 Å². The molecular formula is C34H34Cl2F3NO3. The van der Waals surface area contributed by atoms with Crippen molar-refractivity contribution in [2.24, 2.45) is 0 Å². The maximum atomic E-state index is 12.9. The molecule has 0 aromatic heterocycles. The van der Waals surface area contributed by atoms with Gasteiger partial charge >= 0.3 is 12.1 Å². The molecule has 0 amide bonds. The van der Waals surface area contributed by atoms with Gasteiger partial charge in [0, 0.05) is 24.0 Å². The minimum absolute atomic E-state index is 0.0717. The molecule has 4 aromatic rings. The van der Waals surface area contributed by atoms with Crippen molar-refractivity contribution in [2.75, 3.05) is 20.2 Å². The standard InChI is InChI=1S/C20H21ClF3NO3.C14H13Cl/c1-25(13-15-6-3-8-17(19(15)21)20(22,23)24)9-4-10-28-16-7-2-5-14(11-16)12-18(26)27;1-11(12-7-3-2-4-8-12)13-9-5-6-10-14(13)15/h2-3,5-8,11H,4,9-10,12-13H2,1H3,(H,26,27);2-11H,1H3. The van der Waals surface area contributed by atoms with Gasteiger partial charge in [-0.2, -0.15) is 13.2 Å². The fourth-order valence-corrected chi connectivity index (χ4v) is 5.07. The molecule has 0 heterocycles. The van der Waals surface area contributed by atoms with Crippen LogP contribution in [-0.2, 0) is 23.9 Å². The molecule has 0 bridgehead atoms. The first-order valence-electron chi connectivity index (χ1n) is 13.7. The zero-order valence-corrected chi connectivity index (χ0v) is 25.5. The SMILES string of the molecule is CC(c1ccccc1)c1ccccc1Cl.CN(CCCOc1cccc(CC(=O)O)c1)Cc1cccc(C(F)(F)F)c1Cl. The van der Waals surface area contributed by atoms with Gasteiger partial charge in [-0.05, 0) is 60.0 Å². The molecule has 0 aliphatic heterocycles. The summed E-state index contributed by atoms with van der Waals surface area (Å²) in [5.74, 6) is 0.0225. The van der Waals surface area contributed by atoms with E-state index in [1.54, 1.807) is 37.4 Å². The van der Waals surface area contributed by atoms with Crippen molar-refractivity contribution in [1.29, 1.82) is 0 Å². The summed E-state index contributed by atoms with van der Waals surface area (Å²) in [7, 11) is 1.80. The lowest BCUT2D eigenvalue weighted by Gasteiger charge is -2.19. The Balaban J connectivity index is 0.000000282. The van der Waals surface area contributed by atoms with Crippen LogP contribution in [-0.4, -0.2) is 36.2 Å². The summed E-state index contributed by atoms with van der Waals surface area (Å²) in [5, 5.41) is 9.39. The Morgan fingerprint density at radius 3 is 2.28 bits per heavy atom. The molecule has 4 nitrogen and oxygen atoms in total. The lowest BCUT2D eigenvalue weighted by atomic mass is 9.93. The summed E-state index contributed by atoms with van der Waals surface area (Å²) < 4.78 is 44.4. The number of benzene rings is 4. The number of hydrogen-bond donors (Lipinski definition) is 1. The number of nitrogens with zero attached hydrogens (tertiary/aromatic N) is 1. The Hall–Kier alpha value is -3.52. The van der Waals surface area contributed by atoms with Gasteiger partial charge in [-0.15, -0.1) is 0 Å². The van der Waals surface area contributed by atoms with Crippen LogP contribution in [0.5, 0.6) is 5.75 Å². The molecule has 0 saturated heterocycles. The highest BCUT2D eigenvalue weighted by molar-refractivity contribution is 6.32. The van der Waals surface area contributed by atoms with E-state index in [0.29, 0.717) is 42.4 Å². The molecule has 0 aliphatic carbocycles. The second-order valence-corrected chi connectivity index (χ2v) is 10.9. The number of ether oxygens (including phenoxy) is 1. The predicted molar refractivity (Wildman–Crippen MR) is 166 cm³/mol. The topological polar surface area (TPSA) is 49.8 Å². The van der Waals surface area contributed by atoms with E-state index in [1.807, 2.05) is 29.2 Å². The number of carboxylic acid groups (broad SMARTS) is 1. The number of halogens is 5. The van der Waals surface area contributed by atoms with Crippen LogP contribution in [0.2, 0.25) is 10.0 Å². The highest BCUT2D eigenvalue weighted by atomic mass is 35.5. The van der Waals surface area contributed by atoms with Crippen molar-refractivity contribution < 1.29 is 27.8 Å². The van der Waals surface area contributed by atoms with Crippen molar-refractivity contribution in [1.82, 2.24) is 4.90 Å². The van der Waals surface area contributed by atoms with E-state index >= 15 is 0 Å². The maximum Gasteiger partial charge on any atom is 0.417 e.